The lowest BCUT2D eigenvalue weighted by Gasteiger charge is -2.50. The summed E-state index contributed by atoms with van der Waals surface area (Å²) >= 11 is 0. The van der Waals surface area contributed by atoms with Gasteiger partial charge in [0, 0.05) is 52.7 Å². The third kappa shape index (κ3) is 13.0. The van der Waals surface area contributed by atoms with Crippen molar-refractivity contribution in [1.82, 2.24) is 30.5 Å². The molecule has 0 unspecified atom stereocenters. The molecule has 272 valence electrons. The lowest BCUT2D eigenvalue weighted by molar-refractivity contribution is 0.0681. The maximum absolute atomic E-state index is 5.15. The minimum atomic E-state index is -0.128. The van der Waals surface area contributed by atoms with Crippen LogP contribution in [-0.4, -0.2) is 79.3 Å². The van der Waals surface area contributed by atoms with E-state index in [1.54, 1.807) is 0 Å². The van der Waals surface area contributed by atoms with Crippen molar-refractivity contribution in [3.63, 3.8) is 0 Å². The van der Waals surface area contributed by atoms with Crippen LogP contribution in [-0.2, 0) is 6.42 Å². The standard InChI is InChI=1S/C39H76N8/c1-16-31-40-32(43-39(14,15)28-34(3,4)5)42-33(41-31)47(30-26-37(10,11)45-38(12,13)27-30)23-21-19-18-20-22-46(17-2)29-24-35(6,7)44-36(8,9)25-29/h29-30,44-45H,16-28H2,1-15H3,(H,40,41,42,43). The fourth-order valence-corrected chi connectivity index (χ4v) is 9.43. The van der Waals surface area contributed by atoms with Crippen molar-refractivity contribution in [3.8, 4) is 0 Å². The Kier molecular flexibility index (Phi) is 12.9. The van der Waals surface area contributed by atoms with E-state index in [0.717, 1.165) is 57.0 Å². The van der Waals surface area contributed by atoms with E-state index in [1.807, 2.05) is 0 Å². The third-order valence-electron chi connectivity index (χ3n) is 9.96. The van der Waals surface area contributed by atoms with Crippen molar-refractivity contribution >= 4 is 11.9 Å². The number of rotatable bonds is 15. The number of piperidine rings is 2. The quantitative estimate of drug-likeness (QED) is 0.163. The third-order valence-corrected chi connectivity index (χ3v) is 9.96. The van der Waals surface area contributed by atoms with E-state index in [-0.39, 0.29) is 33.1 Å². The topological polar surface area (TPSA) is 81.2 Å². The highest BCUT2D eigenvalue weighted by atomic mass is 15.3. The summed E-state index contributed by atoms with van der Waals surface area (Å²) in [6.07, 6.45) is 11.3. The average Bonchev–Trinajstić information content (AvgIpc) is 2.84. The molecular weight excluding hydrogens is 580 g/mol. The van der Waals surface area contributed by atoms with Gasteiger partial charge in [-0.2, -0.15) is 15.0 Å². The van der Waals surface area contributed by atoms with Crippen LogP contribution in [0.25, 0.3) is 0 Å². The molecule has 0 saturated carbocycles. The number of nitrogens with one attached hydrogen (secondary N) is 3. The monoisotopic (exact) mass is 657 g/mol. The van der Waals surface area contributed by atoms with E-state index >= 15 is 0 Å². The van der Waals surface area contributed by atoms with Gasteiger partial charge in [0.05, 0.1) is 0 Å². The molecule has 2 saturated heterocycles. The SMILES string of the molecule is CCc1nc(NC(C)(C)CC(C)(C)C)nc(N(CCCCCCN(CC)C2CC(C)(C)NC(C)(C)C2)C2CC(C)(C)NC(C)(C)C2)n1. The first-order valence-electron chi connectivity index (χ1n) is 19.1. The number of aromatic nitrogens is 3. The molecule has 3 N–H and O–H groups in total. The highest BCUT2D eigenvalue weighted by Crippen LogP contribution is 2.35. The minimum Gasteiger partial charge on any atom is -0.349 e. The lowest BCUT2D eigenvalue weighted by Crippen LogP contribution is -2.62. The van der Waals surface area contributed by atoms with Crippen molar-refractivity contribution < 1.29 is 0 Å². The Morgan fingerprint density at radius 2 is 1.17 bits per heavy atom. The van der Waals surface area contributed by atoms with Gasteiger partial charge < -0.3 is 25.8 Å². The molecule has 1 aromatic rings. The fourth-order valence-electron chi connectivity index (χ4n) is 9.43. The van der Waals surface area contributed by atoms with Gasteiger partial charge in [-0.25, -0.2) is 0 Å². The number of aryl methyl sites for hydroxylation is 1. The second-order valence-corrected chi connectivity index (χ2v) is 19.6. The Morgan fingerprint density at radius 3 is 1.64 bits per heavy atom. The normalized spacial score (nSPS) is 21.6. The van der Waals surface area contributed by atoms with Gasteiger partial charge >= 0.3 is 0 Å². The van der Waals surface area contributed by atoms with Crippen LogP contribution in [0.15, 0.2) is 0 Å². The van der Waals surface area contributed by atoms with Gasteiger partial charge in [0.25, 0.3) is 0 Å². The van der Waals surface area contributed by atoms with Gasteiger partial charge in [-0.15, -0.1) is 0 Å². The van der Waals surface area contributed by atoms with Crippen molar-refractivity contribution in [1.29, 1.82) is 0 Å². The number of hydrogen-bond donors (Lipinski definition) is 3. The van der Waals surface area contributed by atoms with E-state index < -0.39 is 0 Å². The van der Waals surface area contributed by atoms with Crippen molar-refractivity contribution in [2.24, 2.45) is 5.41 Å². The Hall–Kier alpha value is -1.51. The van der Waals surface area contributed by atoms with Gasteiger partial charge in [0.15, 0.2) is 0 Å². The Labute approximate surface area is 290 Å². The van der Waals surface area contributed by atoms with Crippen LogP contribution < -0.4 is 20.9 Å². The van der Waals surface area contributed by atoms with E-state index in [4.69, 9.17) is 15.0 Å². The zero-order valence-electron chi connectivity index (χ0n) is 33.6. The van der Waals surface area contributed by atoms with Crippen LogP contribution in [0.5, 0.6) is 0 Å². The molecule has 2 aliphatic rings. The molecule has 0 aromatic carbocycles. The van der Waals surface area contributed by atoms with Crippen molar-refractivity contribution in [3.05, 3.63) is 5.82 Å². The summed E-state index contributed by atoms with van der Waals surface area (Å²) in [5.74, 6) is 2.42. The molecule has 2 aliphatic heterocycles. The van der Waals surface area contributed by atoms with Crippen molar-refractivity contribution in [2.45, 2.75) is 208 Å². The first-order chi connectivity index (χ1) is 21.4. The first-order valence-corrected chi connectivity index (χ1v) is 19.1. The van der Waals surface area contributed by atoms with Crippen LogP contribution in [0, 0.1) is 5.41 Å². The van der Waals surface area contributed by atoms with Gasteiger partial charge in [-0.1, -0.05) is 47.5 Å². The smallest absolute Gasteiger partial charge is 0.230 e. The van der Waals surface area contributed by atoms with Crippen molar-refractivity contribution in [2.75, 3.05) is 29.9 Å². The molecule has 0 atom stereocenters. The Bertz CT molecular complexity index is 1100. The largest absolute Gasteiger partial charge is 0.349 e. The molecule has 2 fully saturated rings. The molecule has 0 aliphatic carbocycles. The molecule has 3 heterocycles. The summed E-state index contributed by atoms with van der Waals surface area (Å²) in [6, 6.07) is 1.02. The molecule has 0 amide bonds. The number of hydrogen-bond acceptors (Lipinski definition) is 8. The molecule has 0 spiro atoms. The second-order valence-electron chi connectivity index (χ2n) is 19.6. The highest BCUT2D eigenvalue weighted by Gasteiger charge is 2.41. The van der Waals surface area contributed by atoms with Crippen LogP contribution in [0.3, 0.4) is 0 Å². The van der Waals surface area contributed by atoms with E-state index in [1.165, 1.54) is 38.6 Å². The molecule has 1 aromatic heterocycles. The summed E-state index contributed by atoms with van der Waals surface area (Å²) in [4.78, 5) is 20.4. The van der Waals surface area contributed by atoms with Gasteiger partial charge in [0.2, 0.25) is 11.9 Å². The summed E-state index contributed by atoms with van der Waals surface area (Å²) in [6.45, 7) is 38.0. The predicted molar refractivity (Wildman–Crippen MR) is 203 cm³/mol. The van der Waals surface area contributed by atoms with E-state index in [9.17, 15) is 0 Å². The van der Waals surface area contributed by atoms with Gasteiger partial charge in [-0.05, 0) is 133 Å². The number of unbranched alkanes of at least 4 members (excludes halogenated alkanes) is 3. The zero-order chi connectivity index (χ0) is 35.5. The zero-order valence-corrected chi connectivity index (χ0v) is 33.6. The Balaban J connectivity index is 1.73. The summed E-state index contributed by atoms with van der Waals surface area (Å²) in [7, 11) is 0. The number of nitrogens with zero attached hydrogens (tertiary/aromatic N) is 5. The van der Waals surface area contributed by atoms with Gasteiger partial charge in [-0.3, -0.25) is 0 Å². The molecule has 47 heavy (non-hydrogen) atoms. The molecule has 3 rings (SSSR count). The Morgan fingerprint density at radius 1 is 0.681 bits per heavy atom. The van der Waals surface area contributed by atoms with Crippen LogP contribution in [0.2, 0.25) is 0 Å². The van der Waals surface area contributed by atoms with Gasteiger partial charge in [0.1, 0.15) is 5.82 Å². The maximum Gasteiger partial charge on any atom is 0.230 e. The number of anilines is 2. The first kappa shape index (κ1) is 39.9. The summed E-state index contributed by atoms with van der Waals surface area (Å²) in [5.41, 5.74) is 0.534. The maximum atomic E-state index is 5.15. The minimum absolute atomic E-state index is 0.0441. The predicted octanol–water partition coefficient (Wildman–Crippen LogP) is 8.37. The van der Waals surface area contributed by atoms with E-state index in [2.05, 4.69) is 130 Å². The van der Waals surface area contributed by atoms with Crippen LogP contribution in [0.4, 0.5) is 11.9 Å². The lowest BCUT2D eigenvalue weighted by atomic mass is 9.79. The van der Waals surface area contributed by atoms with Crippen LogP contribution >= 0.6 is 0 Å². The average molecular weight is 657 g/mol. The molecule has 8 nitrogen and oxygen atoms in total. The van der Waals surface area contributed by atoms with E-state index in [0.29, 0.717) is 18.0 Å². The highest BCUT2D eigenvalue weighted by molar-refractivity contribution is 5.40. The second kappa shape index (κ2) is 15.2. The summed E-state index contributed by atoms with van der Waals surface area (Å²) in [5, 5.41) is 11.5. The summed E-state index contributed by atoms with van der Waals surface area (Å²) < 4.78 is 0. The molecule has 0 bridgehead atoms. The van der Waals surface area contributed by atoms with Crippen LogP contribution in [0.1, 0.15) is 167 Å². The molecular formula is C39H76N8. The molecule has 0 radical (unpaired) electrons. The molecule has 8 heteroatoms. The fraction of sp³-hybridized carbons (Fsp3) is 0.923.